The van der Waals surface area contributed by atoms with Crippen LogP contribution < -0.4 is 15.5 Å². The van der Waals surface area contributed by atoms with Gasteiger partial charge >= 0.3 is 0 Å². The molecule has 0 spiro atoms. The largest absolute Gasteiger partial charge is 0.476 e. The fourth-order valence-electron chi connectivity index (χ4n) is 2.96. The van der Waals surface area contributed by atoms with E-state index < -0.39 is 11.3 Å². The molecule has 150 valence electrons. The third kappa shape index (κ3) is 4.17. The van der Waals surface area contributed by atoms with E-state index in [0.29, 0.717) is 32.3 Å². The first-order chi connectivity index (χ1) is 14.5. The van der Waals surface area contributed by atoms with E-state index in [1.165, 1.54) is 0 Å². The number of fused-ring (bicyclic) bond motifs is 1. The number of anilines is 1. The van der Waals surface area contributed by atoms with Crippen LogP contribution in [0.5, 0.6) is 5.75 Å². The Labute approximate surface area is 181 Å². The van der Waals surface area contributed by atoms with E-state index in [1.54, 1.807) is 66.7 Å². The first-order valence-corrected chi connectivity index (χ1v) is 9.77. The topological polar surface area (TPSA) is 68.5 Å². The average molecular weight is 440 g/mol. The van der Waals surface area contributed by atoms with Gasteiger partial charge in [0.25, 0.3) is 5.91 Å². The van der Waals surface area contributed by atoms with Gasteiger partial charge < -0.3 is 14.5 Å². The van der Waals surface area contributed by atoms with Gasteiger partial charge in [-0.2, -0.15) is 0 Å². The van der Waals surface area contributed by atoms with Crippen LogP contribution in [-0.4, -0.2) is 12.5 Å². The van der Waals surface area contributed by atoms with Gasteiger partial charge in [0.05, 0.1) is 10.4 Å². The van der Waals surface area contributed by atoms with Crippen molar-refractivity contribution in [2.24, 2.45) is 0 Å². The smallest absolute Gasteiger partial charge is 0.262 e. The molecule has 4 rings (SSSR count). The monoisotopic (exact) mass is 439 g/mol. The Bertz CT molecular complexity index is 1290. The molecule has 0 unspecified atom stereocenters. The molecule has 3 aromatic carbocycles. The van der Waals surface area contributed by atoms with Gasteiger partial charge in [-0.3, -0.25) is 9.59 Å². The van der Waals surface area contributed by atoms with Crippen molar-refractivity contribution in [3.05, 3.63) is 93.1 Å². The summed E-state index contributed by atoms with van der Waals surface area (Å²) in [6, 6.07) is 20.5. The summed E-state index contributed by atoms with van der Waals surface area (Å²) in [6.07, 6.45) is 0. The number of nitrogens with one attached hydrogen (secondary N) is 1. The van der Waals surface area contributed by atoms with Crippen LogP contribution in [0.1, 0.15) is 0 Å². The number of hydrogen-bond donors (Lipinski definition) is 1. The lowest BCUT2D eigenvalue weighted by atomic mass is 10.1. The molecule has 0 radical (unpaired) electrons. The molecule has 0 aliphatic heterocycles. The van der Waals surface area contributed by atoms with Crippen molar-refractivity contribution < 1.29 is 13.9 Å². The maximum atomic E-state index is 13.1. The molecule has 0 saturated heterocycles. The molecule has 7 heteroatoms. The normalized spacial score (nSPS) is 10.7. The van der Waals surface area contributed by atoms with E-state index in [2.05, 4.69) is 5.32 Å². The molecular weight excluding hydrogens is 425 g/mol. The van der Waals surface area contributed by atoms with Crippen LogP contribution in [0.3, 0.4) is 0 Å². The SMILES string of the molecule is O=C(COc1c(-c2ccc(Cl)cc2Cl)oc2ccccc2c1=O)Nc1ccccc1. The second kappa shape index (κ2) is 8.61. The average Bonchev–Trinajstić information content (AvgIpc) is 2.74. The highest BCUT2D eigenvalue weighted by atomic mass is 35.5. The maximum Gasteiger partial charge on any atom is 0.262 e. The number of carbonyl (C=O) groups excluding carboxylic acids is 1. The fraction of sp³-hybridized carbons (Fsp3) is 0.0435. The number of rotatable bonds is 5. The summed E-state index contributed by atoms with van der Waals surface area (Å²) in [6.45, 7) is -0.379. The Morgan fingerprint density at radius 1 is 0.967 bits per heavy atom. The van der Waals surface area contributed by atoms with Crippen molar-refractivity contribution in [3.8, 4) is 17.1 Å². The minimum absolute atomic E-state index is 0.0962. The molecule has 0 atom stereocenters. The van der Waals surface area contributed by atoms with Crippen molar-refractivity contribution in [3.63, 3.8) is 0 Å². The highest BCUT2D eigenvalue weighted by molar-refractivity contribution is 6.36. The van der Waals surface area contributed by atoms with Gasteiger partial charge in [0, 0.05) is 16.3 Å². The Balaban J connectivity index is 1.73. The van der Waals surface area contributed by atoms with Crippen molar-refractivity contribution in [2.75, 3.05) is 11.9 Å². The Kier molecular flexibility index (Phi) is 5.74. The van der Waals surface area contributed by atoms with E-state index in [9.17, 15) is 9.59 Å². The van der Waals surface area contributed by atoms with Gasteiger partial charge in [-0.05, 0) is 42.5 Å². The maximum absolute atomic E-state index is 13.1. The summed E-state index contributed by atoms with van der Waals surface area (Å²) in [7, 11) is 0. The molecule has 1 aromatic heterocycles. The number of benzene rings is 3. The van der Waals surface area contributed by atoms with Gasteiger partial charge in [0.2, 0.25) is 11.2 Å². The molecule has 30 heavy (non-hydrogen) atoms. The Hall–Kier alpha value is -3.28. The molecule has 0 saturated carbocycles. The van der Waals surface area contributed by atoms with Crippen molar-refractivity contribution in [1.82, 2.24) is 0 Å². The lowest BCUT2D eigenvalue weighted by Crippen LogP contribution is -2.22. The lowest BCUT2D eigenvalue weighted by Gasteiger charge is -2.13. The molecule has 4 aromatic rings. The Morgan fingerprint density at radius 2 is 1.70 bits per heavy atom. The highest BCUT2D eigenvalue weighted by Crippen LogP contribution is 2.36. The number of amides is 1. The van der Waals surface area contributed by atoms with Crippen LogP contribution in [0.2, 0.25) is 10.0 Å². The minimum Gasteiger partial charge on any atom is -0.476 e. The Morgan fingerprint density at radius 3 is 2.47 bits per heavy atom. The van der Waals surface area contributed by atoms with Gasteiger partial charge in [-0.15, -0.1) is 0 Å². The van der Waals surface area contributed by atoms with Gasteiger partial charge in [0.1, 0.15) is 5.58 Å². The standard InChI is InChI=1S/C23H15Cl2NO4/c24-14-10-11-16(18(25)12-14)22-23(21(28)17-8-4-5-9-19(17)30-22)29-13-20(27)26-15-6-2-1-3-7-15/h1-12H,13H2,(H,26,27). The summed E-state index contributed by atoms with van der Waals surface area (Å²) < 4.78 is 11.6. The van der Waals surface area contributed by atoms with Crippen LogP contribution >= 0.6 is 23.2 Å². The second-order valence-electron chi connectivity index (χ2n) is 6.41. The third-order valence-corrected chi connectivity index (χ3v) is 4.88. The number of ether oxygens (including phenoxy) is 1. The molecule has 0 aliphatic rings. The second-order valence-corrected chi connectivity index (χ2v) is 7.26. The quantitative estimate of drug-likeness (QED) is 0.427. The molecule has 1 amide bonds. The molecule has 0 aliphatic carbocycles. The number of carbonyl (C=O) groups is 1. The molecule has 5 nitrogen and oxygen atoms in total. The molecule has 1 heterocycles. The third-order valence-electron chi connectivity index (χ3n) is 4.34. The van der Waals surface area contributed by atoms with E-state index in [0.717, 1.165) is 0 Å². The summed E-state index contributed by atoms with van der Waals surface area (Å²) in [5, 5.41) is 3.78. The van der Waals surface area contributed by atoms with Gasteiger partial charge in [-0.25, -0.2) is 0 Å². The molecular formula is C23H15Cl2NO4. The number of halogens is 2. The predicted molar refractivity (Wildman–Crippen MR) is 119 cm³/mol. The van der Waals surface area contributed by atoms with Crippen LogP contribution in [0, 0.1) is 0 Å². The first kappa shape index (κ1) is 20.0. The fourth-order valence-corrected chi connectivity index (χ4v) is 3.46. The van der Waals surface area contributed by atoms with E-state index in [4.69, 9.17) is 32.4 Å². The lowest BCUT2D eigenvalue weighted by molar-refractivity contribution is -0.118. The van der Waals surface area contributed by atoms with Crippen molar-refractivity contribution in [2.45, 2.75) is 0 Å². The molecule has 1 N–H and O–H groups in total. The number of para-hydroxylation sites is 2. The molecule has 0 bridgehead atoms. The zero-order valence-electron chi connectivity index (χ0n) is 15.5. The van der Waals surface area contributed by atoms with E-state index >= 15 is 0 Å². The van der Waals surface area contributed by atoms with Crippen LogP contribution in [-0.2, 0) is 4.79 Å². The summed E-state index contributed by atoms with van der Waals surface area (Å²) in [5.41, 5.74) is 1.04. The van der Waals surface area contributed by atoms with Crippen molar-refractivity contribution >= 4 is 45.8 Å². The number of hydrogen-bond acceptors (Lipinski definition) is 4. The van der Waals surface area contributed by atoms with E-state index in [-0.39, 0.29) is 18.1 Å². The van der Waals surface area contributed by atoms with Gasteiger partial charge in [-0.1, -0.05) is 53.5 Å². The van der Waals surface area contributed by atoms with Crippen LogP contribution in [0.4, 0.5) is 5.69 Å². The van der Waals surface area contributed by atoms with Crippen LogP contribution in [0.15, 0.2) is 82.0 Å². The zero-order chi connectivity index (χ0) is 21.1. The van der Waals surface area contributed by atoms with Crippen LogP contribution in [0.25, 0.3) is 22.3 Å². The van der Waals surface area contributed by atoms with Gasteiger partial charge in [0.15, 0.2) is 12.4 Å². The summed E-state index contributed by atoms with van der Waals surface area (Å²) >= 11 is 12.3. The highest BCUT2D eigenvalue weighted by Gasteiger charge is 2.20. The molecule has 0 fully saturated rings. The first-order valence-electron chi connectivity index (χ1n) is 9.02. The van der Waals surface area contributed by atoms with E-state index in [1.807, 2.05) is 6.07 Å². The minimum atomic E-state index is -0.415. The van der Waals surface area contributed by atoms with Crippen molar-refractivity contribution in [1.29, 1.82) is 0 Å². The predicted octanol–water partition coefficient (Wildman–Crippen LogP) is 5.78. The summed E-state index contributed by atoms with van der Waals surface area (Å²) in [5.74, 6) is -0.379. The summed E-state index contributed by atoms with van der Waals surface area (Å²) in [4.78, 5) is 25.4. The zero-order valence-corrected chi connectivity index (χ0v) is 17.0.